The quantitative estimate of drug-likeness (QED) is 0.434. The zero-order chi connectivity index (χ0) is 19.3. The van der Waals surface area contributed by atoms with E-state index >= 15 is 0 Å². The van der Waals surface area contributed by atoms with Gasteiger partial charge in [0.1, 0.15) is 11.5 Å². The van der Waals surface area contributed by atoms with Gasteiger partial charge in [-0.2, -0.15) is 13.2 Å². The number of phenols is 1. The zero-order valence-corrected chi connectivity index (χ0v) is 14.3. The number of benzene rings is 2. The SMILES string of the molecule is COCOc1cc(C(F)(F)F)ccc1C=CC(=O)c1cccc(Cl)c1O. The van der Waals surface area contributed by atoms with E-state index in [1.165, 1.54) is 37.5 Å². The number of ketones is 1. The molecule has 2 rings (SSSR count). The lowest BCUT2D eigenvalue weighted by Gasteiger charge is -2.12. The van der Waals surface area contributed by atoms with Crippen LogP contribution in [0.1, 0.15) is 21.5 Å². The van der Waals surface area contributed by atoms with E-state index in [-0.39, 0.29) is 34.4 Å². The molecule has 0 atom stereocenters. The van der Waals surface area contributed by atoms with Gasteiger partial charge in [-0.05, 0) is 36.4 Å². The summed E-state index contributed by atoms with van der Waals surface area (Å²) in [6.45, 7) is -0.259. The molecule has 4 nitrogen and oxygen atoms in total. The number of alkyl halides is 3. The van der Waals surface area contributed by atoms with Crippen LogP contribution in [0.4, 0.5) is 13.2 Å². The van der Waals surface area contributed by atoms with Crippen LogP contribution >= 0.6 is 11.6 Å². The van der Waals surface area contributed by atoms with Crippen molar-refractivity contribution < 1.29 is 32.5 Å². The van der Waals surface area contributed by atoms with E-state index in [0.29, 0.717) is 0 Å². The fourth-order valence-corrected chi connectivity index (χ4v) is 2.24. The number of halogens is 4. The number of para-hydroxylation sites is 1. The Morgan fingerprint density at radius 1 is 1.27 bits per heavy atom. The van der Waals surface area contributed by atoms with E-state index in [1.807, 2.05) is 0 Å². The minimum atomic E-state index is -4.53. The van der Waals surface area contributed by atoms with E-state index in [2.05, 4.69) is 0 Å². The van der Waals surface area contributed by atoms with Gasteiger partial charge in [0.15, 0.2) is 12.6 Å². The topological polar surface area (TPSA) is 55.8 Å². The van der Waals surface area contributed by atoms with Gasteiger partial charge < -0.3 is 14.6 Å². The molecule has 8 heteroatoms. The number of hydrogen-bond donors (Lipinski definition) is 1. The van der Waals surface area contributed by atoms with Crippen LogP contribution < -0.4 is 4.74 Å². The molecule has 2 aromatic carbocycles. The summed E-state index contributed by atoms with van der Waals surface area (Å²) in [5.41, 5.74) is -0.676. The molecule has 0 saturated carbocycles. The number of hydrogen-bond acceptors (Lipinski definition) is 4. The standard InChI is InChI=1S/C18H14ClF3O4/c1-25-10-26-16-9-12(18(20,21)22)7-5-11(16)6-8-15(23)13-3-2-4-14(19)17(13)24/h2-9,24H,10H2,1H3. The minimum Gasteiger partial charge on any atom is -0.506 e. The Hall–Kier alpha value is -2.51. The summed E-state index contributed by atoms with van der Waals surface area (Å²) in [6.07, 6.45) is -2.14. The number of carbonyl (C=O) groups excluding carboxylic acids is 1. The summed E-state index contributed by atoms with van der Waals surface area (Å²) in [5, 5.41) is 9.83. The molecule has 0 unspecified atom stereocenters. The van der Waals surface area contributed by atoms with Gasteiger partial charge in [-0.25, -0.2) is 0 Å². The van der Waals surface area contributed by atoms with Gasteiger partial charge in [0.05, 0.1) is 16.1 Å². The maximum atomic E-state index is 12.8. The van der Waals surface area contributed by atoms with Gasteiger partial charge in [-0.1, -0.05) is 23.7 Å². The second-order valence-electron chi connectivity index (χ2n) is 5.13. The number of phenolic OH excluding ortho intramolecular Hbond substituents is 1. The number of rotatable bonds is 6. The average molecular weight is 387 g/mol. The Kier molecular flexibility index (Phi) is 6.28. The van der Waals surface area contributed by atoms with Crippen molar-refractivity contribution in [3.63, 3.8) is 0 Å². The Labute approximate surface area is 152 Å². The number of allylic oxidation sites excluding steroid dienone is 1. The predicted octanol–water partition coefficient (Wildman–Crippen LogP) is 4.94. The van der Waals surface area contributed by atoms with Crippen LogP contribution in [0.3, 0.4) is 0 Å². The fraction of sp³-hybridized carbons (Fsp3) is 0.167. The van der Waals surface area contributed by atoms with Crippen LogP contribution in [0.25, 0.3) is 6.08 Å². The summed E-state index contributed by atoms with van der Waals surface area (Å²) in [5.74, 6) is -1.03. The average Bonchev–Trinajstić information content (AvgIpc) is 2.59. The molecule has 0 aliphatic heterocycles. The highest BCUT2D eigenvalue weighted by Gasteiger charge is 2.31. The molecule has 2 aromatic rings. The molecule has 0 heterocycles. The lowest BCUT2D eigenvalue weighted by molar-refractivity contribution is -0.137. The molecule has 0 saturated heterocycles. The smallest absolute Gasteiger partial charge is 0.416 e. The molecule has 0 bridgehead atoms. The van der Waals surface area contributed by atoms with Crippen molar-refractivity contribution in [1.29, 1.82) is 0 Å². The Balaban J connectivity index is 2.33. The first-order valence-electron chi connectivity index (χ1n) is 7.27. The molecule has 26 heavy (non-hydrogen) atoms. The van der Waals surface area contributed by atoms with Crippen molar-refractivity contribution in [3.05, 3.63) is 64.2 Å². The summed E-state index contributed by atoms with van der Waals surface area (Å²) in [7, 11) is 1.33. The lowest BCUT2D eigenvalue weighted by atomic mass is 10.1. The molecule has 0 amide bonds. The molecule has 138 valence electrons. The van der Waals surface area contributed by atoms with Gasteiger partial charge in [-0.15, -0.1) is 0 Å². The van der Waals surface area contributed by atoms with Gasteiger partial charge in [0, 0.05) is 12.7 Å². The first-order valence-corrected chi connectivity index (χ1v) is 7.64. The number of methoxy groups -OCH3 is 1. The summed E-state index contributed by atoms with van der Waals surface area (Å²) < 4.78 is 48.4. The van der Waals surface area contributed by atoms with Crippen molar-refractivity contribution in [2.24, 2.45) is 0 Å². The van der Waals surface area contributed by atoms with Gasteiger partial charge >= 0.3 is 6.18 Å². The molecule has 0 radical (unpaired) electrons. The van der Waals surface area contributed by atoms with Crippen molar-refractivity contribution in [2.45, 2.75) is 6.18 Å². The molecule has 0 fully saturated rings. The van der Waals surface area contributed by atoms with E-state index < -0.39 is 17.5 Å². The monoisotopic (exact) mass is 386 g/mol. The highest BCUT2D eigenvalue weighted by atomic mass is 35.5. The normalized spacial score (nSPS) is 11.7. The Bertz CT molecular complexity index is 832. The van der Waals surface area contributed by atoms with Crippen molar-refractivity contribution in [3.8, 4) is 11.5 Å². The first-order chi connectivity index (χ1) is 12.2. The highest BCUT2D eigenvalue weighted by Crippen LogP contribution is 2.34. The molecule has 0 aromatic heterocycles. The first kappa shape index (κ1) is 19.8. The van der Waals surface area contributed by atoms with E-state index in [1.54, 1.807) is 0 Å². The van der Waals surface area contributed by atoms with Crippen LogP contribution in [-0.2, 0) is 10.9 Å². The minimum absolute atomic E-state index is 0.0166. The van der Waals surface area contributed by atoms with Gasteiger partial charge in [0.2, 0.25) is 0 Å². The van der Waals surface area contributed by atoms with Crippen molar-refractivity contribution >= 4 is 23.5 Å². The third-order valence-corrected chi connectivity index (χ3v) is 3.64. The molecular formula is C18H14ClF3O4. The van der Waals surface area contributed by atoms with Crippen LogP contribution in [0.2, 0.25) is 5.02 Å². The summed E-state index contributed by atoms with van der Waals surface area (Å²) >= 11 is 5.75. The van der Waals surface area contributed by atoms with E-state index in [4.69, 9.17) is 21.1 Å². The largest absolute Gasteiger partial charge is 0.506 e. The van der Waals surface area contributed by atoms with Gasteiger partial charge in [-0.3, -0.25) is 4.79 Å². The van der Waals surface area contributed by atoms with E-state index in [0.717, 1.165) is 18.2 Å². The second-order valence-corrected chi connectivity index (χ2v) is 5.54. The number of carbonyl (C=O) groups is 1. The van der Waals surface area contributed by atoms with Crippen LogP contribution in [-0.4, -0.2) is 24.8 Å². The molecule has 0 spiro atoms. The molecule has 0 aliphatic carbocycles. The van der Waals surface area contributed by atoms with Gasteiger partial charge in [0.25, 0.3) is 0 Å². The number of aromatic hydroxyl groups is 1. The van der Waals surface area contributed by atoms with Crippen LogP contribution in [0.15, 0.2) is 42.5 Å². The zero-order valence-electron chi connectivity index (χ0n) is 13.5. The Morgan fingerprint density at radius 3 is 2.65 bits per heavy atom. The molecule has 1 N–H and O–H groups in total. The predicted molar refractivity (Wildman–Crippen MR) is 90.4 cm³/mol. The summed E-state index contributed by atoms with van der Waals surface area (Å²) in [4.78, 5) is 12.2. The summed E-state index contributed by atoms with van der Waals surface area (Å²) in [6, 6.07) is 7.16. The van der Waals surface area contributed by atoms with E-state index in [9.17, 15) is 23.1 Å². The Morgan fingerprint density at radius 2 is 2.00 bits per heavy atom. The lowest BCUT2D eigenvalue weighted by Crippen LogP contribution is -2.07. The highest BCUT2D eigenvalue weighted by molar-refractivity contribution is 6.32. The second kappa shape index (κ2) is 8.25. The molecular weight excluding hydrogens is 373 g/mol. The maximum Gasteiger partial charge on any atom is 0.416 e. The molecule has 0 aliphatic rings. The third-order valence-electron chi connectivity index (χ3n) is 3.34. The van der Waals surface area contributed by atoms with Crippen LogP contribution in [0, 0.1) is 0 Å². The van der Waals surface area contributed by atoms with Crippen molar-refractivity contribution in [1.82, 2.24) is 0 Å². The van der Waals surface area contributed by atoms with Crippen LogP contribution in [0.5, 0.6) is 11.5 Å². The fourth-order valence-electron chi connectivity index (χ4n) is 2.07. The number of ether oxygens (including phenoxy) is 2. The van der Waals surface area contributed by atoms with Crippen molar-refractivity contribution in [2.75, 3.05) is 13.9 Å². The maximum absolute atomic E-state index is 12.8. The third kappa shape index (κ3) is 4.77.